The molecule has 5 heteroatoms. The van der Waals surface area contributed by atoms with E-state index in [-0.39, 0.29) is 5.91 Å². The molecule has 0 aliphatic heterocycles. The molecule has 106 valence electrons. The number of aryl methyl sites for hydroxylation is 3. The molecule has 1 amide bonds. The number of carbonyl (C=O) groups excluding carboxylic acids is 1. The molecule has 0 unspecified atom stereocenters. The third-order valence-electron chi connectivity index (χ3n) is 3.34. The summed E-state index contributed by atoms with van der Waals surface area (Å²) in [6, 6.07) is 5.51. The number of benzene rings is 1. The number of anilines is 1. The Kier molecular flexibility index (Phi) is 4.45. The van der Waals surface area contributed by atoms with Crippen LogP contribution in [-0.2, 0) is 11.2 Å². The monoisotopic (exact) mass is 291 g/mol. The fraction of sp³-hybridized carbons (Fsp3) is 0.333. The number of H-pyrrole nitrogens is 1. The summed E-state index contributed by atoms with van der Waals surface area (Å²) < 4.78 is 0. The molecule has 1 aromatic heterocycles. The van der Waals surface area contributed by atoms with Crippen molar-refractivity contribution in [2.24, 2.45) is 0 Å². The largest absolute Gasteiger partial charge is 0.326 e. The van der Waals surface area contributed by atoms with Gasteiger partial charge in [-0.3, -0.25) is 9.89 Å². The Hall–Kier alpha value is -1.81. The lowest BCUT2D eigenvalue weighted by Gasteiger charge is -2.07. The van der Waals surface area contributed by atoms with E-state index in [0.29, 0.717) is 17.9 Å². The first kappa shape index (κ1) is 14.6. The van der Waals surface area contributed by atoms with Crippen LogP contribution in [-0.4, -0.2) is 16.1 Å². The summed E-state index contributed by atoms with van der Waals surface area (Å²) in [5.74, 6) is -0.0232. The van der Waals surface area contributed by atoms with Crippen LogP contribution in [0.25, 0.3) is 0 Å². The lowest BCUT2D eigenvalue weighted by Crippen LogP contribution is -2.12. The number of rotatable bonds is 4. The van der Waals surface area contributed by atoms with E-state index in [1.165, 1.54) is 0 Å². The summed E-state index contributed by atoms with van der Waals surface area (Å²) in [6.07, 6.45) is 1.10. The Morgan fingerprint density at radius 2 is 2.10 bits per heavy atom. The standard InChI is InChI=1S/C15H18ClN3O/c1-9-4-5-12(8-14(9)16)17-15(20)7-6-13-10(2)18-19-11(13)3/h4-5,8H,6-7H2,1-3H3,(H,17,20)(H,18,19). The predicted molar refractivity (Wildman–Crippen MR) is 81.2 cm³/mol. The van der Waals surface area contributed by atoms with Crippen LogP contribution in [0.2, 0.25) is 5.02 Å². The Balaban J connectivity index is 1.94. The van der Waals surface area contributed by atoms with Crippen molar-refractivity contribution in [1.82, 2.24) is 10.2 Å². The molecule has 2 rings (SSSR count). The van der Waals surface area contributed by atoms with Crippen molar-refractivity contribution in [3.8, 4) is 0 Å². The maximum absolute atomic E-state index is 11.9. The molecule has 1 aromatic carbocycles. The molecule has 1 heterocycles. The molecule has 0 bridgehead atoms. The van der Waals surface area contributed by atoms with Gasteiger partial charge in [-0.2, -0.15) is 5.10 Å². The van der Waals surface area contributed by atoms with Crippen molar-refractivity contribution in [1.29, 1.82) is 0 Å². The topological polar surface area (TPSA) is 57.8 Å². The molecule has 0 aliphatic rings. The molecule has 0 radical (unpaired) electrons. The Labute approximate surface area is 123 Å². The van der Waals surface area contributed by atoms with Crippen molar-refractivity contribution >= 4 is 23.2 Å². The minimum atomic E-state index is -0.0232. The normalized spacial score (nSPS) is 10.6. The van der Waals surface area contributed by atoms with Gasteiger partial charge >= 0.3 is 0 Å². The minimum Gasteiger partial charge on any atom is -0.326 e. The Bertz CT molecular complexity index is 615. The second-order valence-electron chi connectivity index (χ2n) is 4.92. The first-order valence-corrected chi connectivity index (χ1v) is 6.91. The van der Waals surface area contributed by atoms with Crippen molar-refractivity contribution in [2.75, 3.05) is 5.32 Å². The summed E-state index contributed by atoms with van der Waals surface area (Å²) in [5.41, 5.74) is 4.81. The second-order valence-corrected chi connectivity index (χ2v) is 5.33. The zero-order chi connectivity index (χ0) is 14.7. The lowest BCUT2D eigenvalue weighted by atomic mass is 10.1. The summed E-state index contributed by atoms with van der Waals surface area (Å²) >= 11 is 6.03. The van der Waals surface area contributed by atoms with Gasteiger partial charge in [0.05, 0.1) is 5.69 Å². The summed E-state index contributed by atoms with van der Waals surface area (Å²) in [7, 11) is 0. The van der Waals surface area contributed by atoms with E-state index in [9.17, 15) is 4.79 Å². The van der Waals surface area contributed by atoms with Crippen molar-refractivity contribution in [3.05, 3.63) is 45.7 Å². The van der Waals surface area contributed by atoms with Crippen LogP contribution < -0.4 is 5.32 Å². The van der Waals surface area contributed by atoms with Crippen LogP contribution >= 0.6 is 11.6 Å². The number of amides is 1. The van der Waals surface area contributed by atoms with Crippen LogP contribution in [0.4, 0.5) is 5.69 Å². The van der Waals surface area contributed by atoms with Gasteiger partial charge in [-0.25, -0.2) is 0 Å². The van der Waals surface area contributed by atoms with E-state index in [1.54, 1.807) is 6.07 Å². The van der Waals surface area contributed by atoms with Gasteiger partial charge in [0.15, 0.2) is 0 Å². The minimum absolute atomic E-state index is 0.0232. The maximum atomic E-state index is 11.9. The first-order valence-electron chi connectivity index (χ1n) is 6.54. The molecule has 0 fully saturated rings. The third-order valence-corrected chi connectivity index (χ3v) is 3.75. The zero-order valence-corrected chi connectivity index (χ0v) is 12.6. The number of nitrogens with zero attached hydrogens (tertiary/aromatic N) is 1. The van der Waals surface area contributed by atoms with Gasteiger partial charge in [0.25, 0.3) is 0 Å². The number of nitrogens with one attached hydrogen (secondary N) is 2. The average Bonchev–Trinajstić information content (AvgIpc) is 2.71. The van der Waals surface area contributed by atoms with Crippen molar-refractivity contribution < 1.29 is 4.79 Å². The van der Waals surface area contributed by atoms with E-state index in [2.05, 4.69) is 15.5 Å². The van der Waals surface area contributed by atoms with Gasteiger partial charge in [0.2, 0.25) is 5.91 Å². The quantitative estimate of drug-likeness (QED) is 0.905. The summed E-state index contributed by atoms with van der Waals surface area (Å²) in [6.45, 7) is 5.84. The maximum Gasteiger partial charge on any atom is 0.224 e. The second kappa shape index (κ2) is 6.09. The highest BCUT2D eigenvalue weighted by atomic mass is 35.5. The van der Waals surface area contributed by atoms with Gasteiger partial charge in [0, 0.05) is 22.8 Å². The molecule has 0 aliphatic carbocycles. The van der Waals surface area contributed by atoms with Gasteiger partial charge in [-0.15, -0.1) is 0 Å². The van der Waals surface area contributed by atoms with Gasteiger partial charge < -0.3 is 5.32 Å². The van der Waals surface area contributed by atoms with E-state index >= 15 is 0 Å². The number of hydrogen-bond donors (Lipinski definition) is 2. The summed E-state index contributed by atoms with van der Waals surface area (Å²) in [4.78, 5) is 11.9. The van der Waals surface area contributed by atoms with Gasteiger partial charge in [0.1, 0.15) is 0 Å². The number of hydrogen-bond acceptors (Lipinski definition) is 2. The van der Waals surface area contributed by atoms with Crippen LogP contribution in [0.3, 0.4) is 0 Å². The molecule has 0 spiro atoms. The zero-order valence-electron chi connectivity index (χ0n) is 11.9. The first-order chi connectivity index (χ1) is 9.47. The molecule has 20 heavy (non-hydrogen) atoms. The highest BCUT2D eigenvalue weighted by Crippen LogP contribution is 2.20. The van der Waals surface area contributed by atoms with E-state index < -0.39 is 0 Å². The van der Waals surface area contributed by atoms with Crippen molar-refractivity contribution in [2.45, 2.75) is 33.6 Å². The molecule has 2 aromatic rings. The van der Waals surface area contributed by atoms with E-state index in [1.807, 2.05) is 32.9 Å². The van der Waals surface area contributed by atoms with E-state index in [0.717, 1.165) is 28.2 Å². The number of aromatic amines is 1. The number of aromatic nitrogens is 2. The molecular weight excluding hydrogens is 274 g/mol. The Morgan fingerprint density at radius 3 is 2.70 bits per heavy atom. The highest BCUT2D eigenvalue weighted by Gasteiger charge is 2.09. The molecular formula is C15H18ClN3O. The van der Waals surface area contributed by atoms with Crippen LogP contribution in [0.1, 0.15) is 28.9 Å². The number of carbonyl (C=O) groups is 1. The van der Waals surface area contributed by atoms with E-state index in [4.69, 9.17) is 11.6 Å². The third kappa shape index (κ3) is 3.39. The Morgan fingerprint density at radius 1 is 1.35 bits per heavy atom. The lowest BCUT2D eigenvalue weighted by molar-refractivity contribution is -0.116. The van der Waals surface area contributed by atoms with Gasteiger partial charge in [-0.05, 0) is 50.5 Å². The van der Waals surface area contributed by atoms with Crippen LogP contribution in [0.15, 0.2) is 18.2 Å². The number of halogens is 1. The smallest absolute Gasteiger partial charge is 0.224 e. The van der Waals surface area contributed by atoms with Crippen molar-refractivity contribution in [3.63, 3.8) is 0 Å². The van der Waals surface area contributed by atoms with Gasteiger partial charge in [-0.1, -0.05) is 17.7 Å². The van der Waals surface area contributed by atoms with Crippen LogP contribution in [0, 0.1) is 20.8 Å². The van der Waals surface area contributed by atoms with Crippen LogP contribution in [0.5, 0.6) is 0 Å². The summed E-state index contributed by atoms with van der Waals surface area (Å²) in [5, 5.41) is 10.6. The molecule has 4 nitrogen and oxygen atoms in total. The molecule has 2 N–H and O–H groups in total. The fourth-order valence-electron chi connectivity index (χ4n) is 2.08. The SMILES string of the molecule is Cc1ccc(NC(=O)CCc2c(C)n[nH]c2C)cc1Cl. The molecule has 0 saturated carbocycles. The molecule has 0 saturated heterocycles. The molecule has 0 atom stereocenters. The average molecular weight is 292 g/mol. The fourth-order valence-corrected chi connectivity index (χ4v) is 2.26. The highest BCUT2D eigenvalue weighted by molar-refractivity contribution is 6.31. The predicted octanol–water partition coefficient (Wildman–Crippen LogP) is 3.56.